The number of hydrogen-bond donors (Lipinski definition) is 0. The predicted molar refractivity (Wildman–Crippen MR) is 110 cm³/mol. The standard InChI is InChI=1S/C22H38N4/c1-3-5-10-23-12-14-25(19-23)17-21-8-7-9-22(16-21)18-26-15-13-24(20-26)11-6-4-2/h7-9,16H,3-6,10-15,17-20H2,1-2H3. The third-order valence-electron chi connectivity index (χ3n) is 5.72. The quantitative estimate of drug-likeness (QED) is 0.635. The van der Waals surface area contributed by atoms with Crippen LogP contribution in [-0.2, 0) is 13.1 Å². The van der Waals surface area contributed by atoms with Crippen LogP contribution in [0, 0.1) is 0 Å². The molecule has 26 heavy (non-hydrogen) atoms. The first-order valence-corrected chi connectivity index (χ1v) is 10.7. The summed E-state index contributed by atoms with van der Waals surface area (Å²) in [6, 6.07) is 9.29. The molecule has 0 bridgehead atoms. The first kappa shape index (κ1) is 19.8. The maximum Gasteiger partial charge on any atom is 0.0510 e. The van der Waals surface area contributed by atoms with Gasteiger partial charge in [0, 0.05) is 39.3 Å². The molecule has 0 unspecified atom stereocenters. The summed E-state index contributed by atoms with van der Waals surface area (Å²) in [4.78, 5) is 10.4. The van der Waals surface area contributed by atoms with E-state index in [2.05, 4.69) is 57.7 Å². The summed E-state index contributed by atoms with van der Waals surface area (Å²) in [6.45, 7) is 16.5. The monoisotopic (exact) mass is 358 g/mol. The first-order chi connectivity index (χ1) is 12.8. The molecule has 0 spiro atoms. The van der Waals surface area contributed by atoms with Gasteiger partial charge in [-0.2, -0.15) is 0 Å². The van der Waals surface area contributed by atoms with E-state index >= 15 is 0 Å². The van der Waals surface area contributed by atoms with Gasteiger partial charge >= 0.3 is 0 Å². The molecule has 0 radical (unpaired) electrons. The molecule has 0 N–H and O–H groups in total. The van der Waals surface area contributed by atoms with Gasteiger partial charge in [-0.05, 0) is 37.1 Å². The smallest absolute Gasteiger partial charge is 0.0510 e. The Morgan fingerprint density at radius 1 is 0.692 bits per heavy atom. The predicted octanol–water partition coefficient (Wildman–Crippen LogP) is 3.44. The van der Waals surface area contributed by atoms with Gasteiger partial charge in [0.05, 0.1) is 13.3 Å². The summed E-state index contributed by atoms with van der Waals surface area (Å²) in [6.07, 6.45) is 5.25. The zero-order chi connectivity index (χ0) is 18.2. The summed E-state index contributed by atoms with van der Waals surface area (Å²) in [5.41, 5.74) is 2.95. The van der Waals surface area contributed by atoms with Crippen LogP contribution in [0.25, 0.3) is 0 Å². The van der Waals surface area contributed by atoms with Crippen LogP contribution in [0.4, 0.5) is 0 Å². The SMILES string of the molecule is CCCCN1CCN(Cc2cccc(CN3CCN(CCCC)C3)c2)C1. The van der Waals surface area contributed by atoms with Crippen LogP contribution in [0.2, 0.25) is 0 Å². The lowest BCUT2D eigenvalue weighted by atomic mass is 10.1. The van der Waals surface area contributed by atoms with Crippen molar-refractivity contribution in [2.24, 2.45) is 0 Å². The van der Waals surface area contributed by atoms with Crippen molar-refractivity contribution in [2.75, 3.05) is 52.6 Å². The highest BCUT2D eigenvalue weighted by atomic mass is 15.4. The summed E-state index contributed by atoms with van der Waals surface area (Å²) in [5, 5.41) is 0. The van der Waals surface area contributed by atoms with Gasteiger partial charge < -0.3 is 0 Å². The van der Waals surface area contributed by atoms with Crippen molar-refractivity contribution in [3.8, 4) is 0 Å². The van der Waals surface area contributed by atoms with E-state index < -0.39 is 0 Å². The second kappa shape index (κ2) is 10.4. The highest BCUT2D eigenvalue weighted by molar-refractivity contribution is 5.23. The van der Waals surface area contributed by atoms with Gasteiger partial charge in [0.15, 0.2) is 0 Å². The number of unbranched alkanes of at least 4 members (excludes halogenated alkanes) is 2. The number of rotatable bonds is 10. The molecule has 0 aromatic heterocycles. The topological polar surface area (TPSA) is 13.0 Å². The molecule has 0 saturated carbocycles. The lowest BCUT2D eigenvalue weighted by Gasteiger charge is -2.20. The minimum Gasteiger partial charge on any atom is -0.289 e. The van der Waals surface area contributed by atoms with Gasteiger partial charge in [0.2, 0.25) is 0 Å². The van der Waals surface area contributed by atoms with Crippen molar-refractivity contribution < 1.29 is 0 Å². The van der Waals surface area contributed by atoms with Crippen molar-refractivity contribution in [1.82, 2.24) is 19.6 Å². The molecule has 0 aliphatic carbocycles. The van der Waals surface area contributed by atoms with Crippen molar-refractivity contribution in [3.05, 3.63) is 35.4 Å². The van der Waals surface area contributed by atoms with Gasteiger partial charge in [-0.25, -0.2) is 0 Å². The molecule has 2 fully saturated rings. The van der Waals surface area contributed by atoms with Gasteiger partial charge in [-0.1, -0.05) is 51.0 Å². The Morgan fingerprint density at radius 3 is 1.62 bits per heavy atom. The van der Waals surface area contributed by atoms with Crippen LogP contribution in [0.5, 0.6) is 0 Å². The van der Waals surface area contributed by atoms with Crippen molar-refractivity contribution >= 4 is 0 Å². The highest BCUT2D eigenvalue weighted by Crippen LogP contribution is 2.16. The van der Waals surface area contributed by atoms with Gasteiger partial charge in [0.25, 0.3) is 0 Å². The minimum atomic E-state index is 1.10. The maximum atomic E-state index is 2.60. The average Bonchev–Trinajstić information content (AvgIpc) is 3.28. The van der Waals surface area contributed by atoms with Gasteiger partial charge in [0.1, 0.15) is 0 Å². The number of hydrogen-bond acceptors (Lipinski definition) is 4. The fraction of sp³-hybridized carbons (Fsp3) is 0.727. The zero-order valence-corrected chi connectivity index (χ0v) is 17.0. The Balaban J connectivity index is 1.45. The van der Waals surface area contributed by atoms with Crippen LogP contribution < -0.4 is 0 Å². The molecular formula is C22H38N4. The van der Waals surface area contributed by atoms with E-state index in [9.17, 15) is 0 Å². The van der Waals surface area contributed by atoms with Crippen LogP contribution in [-0.4, -0.2) is 72.2 Å². The first-order valence-electron chi connectivity index (χ1n) is 10.7. The average molecular weight is 359 g/mol. The Hall–Kier alpha value is -0.940. The molecule has 4 heteroatoms. The van der Waals surface area contributed by atoms with Crippen LogP contribution in [0.3, 0.4) is 0 Å². The molecule has 2 heterocycles. The van der Waals surface area contributed by atoms with Gasteiger partial charge in [-0.3, -0.25) is 19.6 Å². The van der Waals surface area contributed by atoms with E-state index in [4.69, 9.17) is 0 Å². The molecule has 0 amide bonds. The molecule has 2 aliphatic heterocycles. The fourth-order valence-corrected chi connectivity index (χ4v) is 4.14. The molecule has 1 aromatic carbocycles. The highest BCUT2D eigenvalue weighted by Gasteiger charge is 2.21. The van der Waals surface area contributed by atoms with Crippen molar-refractivity contribution in [1.29, 1.82) is 0 Å². The number of benzene rings is 1. The third-order valence-corrected chi connectivity index (χ3v) is 5.72. The molecule has 2 saturated heterocycles. The maximum absolute atomic E-state index is 2.60. The lowest BCUT2D eigenvalue weighted by molar-refractivity contribution is 0.236. The lowest BCUT2D eigenvalue weighted by Crippen LogP contribution is -2.26. The summed E-state index contributed by atoms with van der Waals surface area (Å²) in [5.74, 6) is 0. The van der Waals surface area contributed by atoms with Crippen LogP contribution in [0.15, 0.2) is 24.3 Å². The van der Waals surface area contributed by atoms with E-state index in [0.29, 0.717) is 0 Å². The van der Waals surface area contributed by atoms with E-state index in [-0.39, 0.29) is 0 Å². The van der Waals surface area contributed by atoms with Crippen LogP contribution in [0.1, 0.15) is 50.7 Å². The normalized spacial score (nSPS) is 20.4. The van der Waals surface area contributed by atoms with E-state index in [0.717, 1.165) is 26.4 Å². The third kappa shape index (κ3) is 6.05. The zero-order valence-electron chi connectivity index (χ0n) is 17.0. The van der Waals surface area contributed by atoms with E-state index in [1.54, 1.807) is 0 Å². The van der Waals surface area contributed by atoms with Crippen molar-refractivity contribution in [2.45, 2.75) is 52.6 Å². The van der Waals surface area contributed by atoms with Crippen LogP contribution >= 0.6 is 0 Å². The van der Waals surface area contributed by atoms with Gasteiger partial charge in [-0.15, -0.1) is 0 Å². The van der Waals surface area contributed by atoms with Crippen molar-refractivity contribution in [3.63, 3.8) is 0 Å². The molecule has 3 rings (SSSR count). The second-order valence-corrected chi connectivity index (χ2v) is 8.15. The fourth-order valence-electron chi connectivity index (χ4n) is 4.14. The molecular weight excluding hydrogens is 320 g/mol. The molecule has 2 aliphatic rings. The summed E-state index contributed by atoms with van der Waals surface area (Å²) < 4.78 is 0. The van der Waals surface area contributed by atoms with E-state index in [1.165, 1.54) is 76.1 Å². The second-order valence-electron chi connectivity index (χ2n) is 8.15. The Morgan fingerprint density at radius 2 is 1.15 bits per heavy atom. The Bertz CT molecular complexity index is 489. The Kier molecular flexibility index (Phi) is 7.93. The largest absolute Gasteiger partial charge is 0.289 e. The summed E-state index contributed by atoms with van der Waals surface area (Å²) >= 11 is 0. The van der Waals surface area contributed by atoms with E-state index in [1.807, 2.05) is 0 Å². The summed E-state index contributed by atoms with van der Waals surface area (Å²) in [7, 11) is 0. The Labute approximate surface area is 160 Å². The molecule has 4 nitrogen and oxygen atoms in total. The molecule has 146 valence electrons. The molecule has 1 aromatic rings. The molecule has 0 atom stereocenters. The number of nitrogens with zero attached hydrogens (tertiary/aromatic N) is 4. The minimum absolute atomic E-state index is 1.10.